The molecule has 1 unspecified atom stereocenters. The normalized spacial score (nSPS) is 17.5. The highest BCUT2D eigenvalue weighted by Crippen LogP contribution is 2.31. The van der Waals surface area contributed by atoms with Gasteiger partial charge in [0.2, 0.25) is 5.89 Å². The first kappa shape index (κ1) is 15.5. The standard InChI is InChI=1S/C16H21N5O2/c1-4-14-18-15(19-23-14)12-6-5-9-21(12)16(22)11-7-8-17-13(10-11)20(2)3/h7-8,10,12H,4-6,9H2,1-3H3. The van der Waals surface area contributed by atoms with Crippen LogP contribution in [0.1, 0.15) is 47.9 Å². The molecule has 23 heavy (non-hydrogen) atoms. The highest BCUT2D eigenvalue weighted by Gasteiger charge is 2.34. The minimum Gasteiger partial charge on any atom is -0.363 e. The van der Waals surface area contributed by atoms with Crippen LogP contribution < -0.4 is 4.90 Å². The molecule has 2 aromatic heterocycles. The molecule has 122 valence electrons. The second kappa shape index (κ2) is 6.36. The van der Waals surface area contributed by atoms with Crippen molar-refractivity contribution in [3.05, 3.63) is 35.6 Å². The molecule has 7 nitrogen and oxygen atoms in total. The number of pyridine rings is 1. The number of hydrogen-bond donors (Lipinski definition) is 0. The van der Waals surface area contributed by atoms with Crippen molar-refractivity contribution in [2.24, 2.45) is 0 Å². The third-order valence-corrected chi connectivity index (χ3v) is 4.05. The Balaban J connectivity index is 1.84. The highest BCUT2D eigenvalue weighted by molar-refractivity contribution is 5.95. The Labute approximate surface area is 135 Å². The lowest BCUT2D eigenvalue weighted by Crippen LogP contribution is -2.31. The van der Waals surface area contributed by atoms with Gasteiger partial charge < -0.3 is 14.3 Å². The molecule has 0 aliphatic carbocycles. The lowest BCUT2D eigenvalue weighted by atomic mass is 10.1. The Morgan fingerprint density at radius 3 is 3.00 bits per heavy atom. The smallest absolute Gasteiger partial charge is 0.254 e. The van der Waals surface area contributed by atoms with E-state index in [-0.39, 0.29) is 11.9 Å². The Bertz CT molecular complexity index is 697. The van der Waals surface area contributed by atoms with Crippen molar-refractivity contribution in [3.63, 3.8) is 0 Å². The van der Waals surface area contributed by atoms with Crippen LogP contribution in [0.4, 0.5) is 5.82 Å². The van der Waals surface area contributed by atoms with Crippen LogP contribution in [0, 0.1) is 0 Å². The number of hydrogen-bond acceptors (Lipinski definition) is 6. The Kier molecular flexibility index (Phi) is 4.27. The van der Waals surface area contributed by atoms with Crippen LogP contribution in [0.2, 0.25) is 0 Å². The van der Waals surface area contributed by atoms with Gasteiger partial charge in [-0.1, -0.05) is 12.1 Å². The van der Waals surface area contributed by atoms with Crippen molar-refractivity contribution in [1.82, 2.24) is 20.0 Å². The zero-order valence-corrected chi connectivity index (χ0v) is 13.7. The molecule has 2 aromatic rings. The number of rotatable bonds is 4. The molecule has 1 aliphatic heterocycles. The fourth-order valence-corrected chi connectivity index (χ4v) is 2.79. The molecule has 1 atom stereocenters. The number of likely N-dealkylation sites (tertiary alicyclic amines) is 1. The van der Waals surface area contributed by atoms with Crippen LogP contribution in [0.15, 0.2) is 22.9 Å². The SMILES string of the molecule is CCc1nc(C2CCCN2C(=O)c2ccnc(N(C)C)c2)no1. The van der Waals surface area contributed by atoms with Gasteiger partial charge in [0.25, 0.3) is 5.91 Å². The summed E-state index contributed by atoms with van der Waals surface area (Å²) in [6.45, 7) is 2.67. The van der Waals surface area contributed by atoms with Gasteiger partial charge in [-0.25, -0.2) is 4.98 Å². The molecule has 1 saturated heterocycles. The minimum absolute atomic E-state index is 0.0131. The molecule has 1 fully saturated rings. The van der Waals surface area contributed by atoms with Gasteiger partial charge in [0, 0.05) is 38.8 Å². The third-order valence-electron chi connectivity index (χ3n) is 4.05. The highest BCUT2D eigenvalue weighted by atomic mass is 16.5. The first-order chi connectivity index (χ1) is 11.1. The molecule has 0 radical (unpaired) electrons. The zero-order valence-electron chi connectivity index (χ0n) is 13.7. The first-order valence-electron chi connectivity index (χ1n) is 7.87. The molecule has 1 aliphatic rings. The molecule has 0 saturated carbocycles. The predicted octanol–water partition coefficient (Wildman–Crippen LogP) is 2.07. The summed E-state index contributed by atoms with van der Waals surface area (Å²) >= 11 is 0. The lowest BCUT2D eigenvalue weighted by Gasteiger charge is -2.22. The van der Waals surface area contributed by atoms with Crippen molar-refractivity contribution in [1.29, 1.82) is 0 Å². The number of nitrogens with zero attached hydrogens (tertiary/aromatic N) is 5. The van der Waals surface area contributed by atoms with Gasteiger partial charge in [0.05, 0.1) is 6.04 Å². The van der Waals surface area contributed by atoms with E-state index in [1.807, 2.05) is 36.9 Å². The van der Waals surface area contributed by atoms with Crippen molar-refractivity contribution in [2.75, 3.05) is 25.5 Å². The summed E-state index contributed by atoms with van der Waals surface area (Å²) in [5.74, 6) is 1.97. The molecule has 0 spiro atoms. The topological polar surface area (TPSA) is 75.4 Å². The second-order valence-corrected chi connectivity index (χ2v) is 5.85. The monoisotopic (exact) mass is 315 g/mol. The van der Waals surface area contributed by atoms with Crippen molar-refractivity contribution in [3.8, 4) is 0 Å². The number of aromatic nitrogens is 3. The van der Waals surface area contributed by atoms with Crippen LogP contribution in [0.25, 0.3) is 0 Å². The number of aryl methyl sites for hydroxylation is 1. The largest absolute Gasteiger partial charge is 0.363 e. The van der Waals surface area contributed by atoms with Crippen molar-refractivity contribution >= 4 is 11.7 Å². The summed E-state index contributed by atoms with van der Waals surface area (Å²) in [5.41, 5.74) is 0.634. The van der Waals surface area contributed by atoms with E-state index in [0.717, 1.165) is 18.7 Å². The van der Waals surface area contributed by atoms with Crippen molar-refractivity contribution < 1.29 is 9.32 Å². The maximum Gasteiger partial charge on any atom is 0.254 e. The summed E-state index contributed by atoms with van der Waals surface area (Å²) in [6.07, 6.45) is 4.17. The van der Waals surface area contributed by atoms with Gasteiger partial charge in [-0.3, -0.25) is 4.79 Å². The third kappa shape index (κ3) is 3.04. The van der Waals surface area contributed by atoms with Gasteiger partial charge in [-0.05, 0) is 25.0 Å². The van der Waals surface area contributed by atoms with Gasteiger partial charge in [0.1, 0.15) is 5.82 Å². The molecular formula is C16H21N5O2. The fourth-order valence-electron chi connectivity index (χ4n) is 2.79. The minimum atomic E-state index is -0.109. The van der Waals surface area contributed by atoms with Crippen LogP contribution in [0.5, 0.6) is 0 Å². The molecule has 1 amide bonds. The average Bonchev–Trinajstić information content (AvgIpc) is 3.22. The van der Waals surface area contributed by atoms with Gasteiger partial charge in [-0.15, -0.1) is 0 Å². The summed E-state index contributed by atoms with van der Waals surface area (Å²) in [6, 6.07) is 3.45. The number of carbonyl (C=O) groups excluding carboxylic acids is 1. The van der Waals surface area contributed by atoms with E-state index in [4.69, 9.17) is 4.52 Å². The summed E-state index contributed by atoms with van der Waals surface area (Å²) in [7, 11) is 3.81. The Hall–Kier alpha value is -2.44. The van der Waals surface area contributed by atoms with E-state index in [2.05, 4.69) is 15.1 Å². The number of carbonyl (C=O) groups is 1. The second-order valence-electron chi connectivity index (χ2n) is 5.85. The molecule has 3 rings (SSSR count). The Morgan fingerprint density at radius 2 is 2.30 bits per heavy atom. The van der Waals surface area contributed by atoms with Gasteiger partial charge in [0.15, 0.2) is 5.82 Å². The lowest BCUT2D eigenvalue weighted by molar-refractivity contribution is 0.0728. The summed E-state index contributed by atoms with van der Waals surface area (Å²) < 4.78 is 5.19. The summed E-state index contributed by atoms with van der Waals surface area (Å²) in [5, 5.41) is 4.04. The van der Waals surface area contributed by atoms with E-state index in [1.165, 1.54) is 0 Å². The molecule has 0 aromatic carbocycles. The zero-order chi connectivity index (χ0) is 16.4. The van der Waals surface area contributed by atoms with E-state index in [9.17, 15) is 4.79 Å². The Morgan fingerprint density at radius 1 is 1.48 bits per heavy atom. The average molecular weight is 315 g/mol. The predicted molar refractivity (Wildman–Crippen MR) is 85.3 cm³/mol. The number of amides is 1. The van der Waals surface area contributed by atoms with E-state index < -0.39 is 0 Å². The van der Waals surface area contributed by atoms with E-state index in [0.29, 0.717) is 30.2 Å². The molecule has 0 N–H and O–H groups in total. The van der Waals surface area contributed by atoms with Crippen LogP contribution in [0.3, 0.4) is 0 Å². The van der Waals surface area contributed by atoms with E-state index >= 15 is 0 Å². The summed E-state index contributed by atoms with van der Waals surface area (Å²) in [4.78, 5) is 25.2. The van der Waals surface area contributed by atoms with Gasteiger partial charge >= 0.3 is 0 Å². The first-order valence-corrected chi connectivity index (χ1v) is 7.87. The van der Waals surface area contributed by atoms with Crippen LogP contribution in [-0.2, 0) is 6.42 Å². The van der Waals surface area contributed by atoms with Crippen LogP contribution >= 0.6 is 0 Å². The molecular weight excluding hydrogens is 294 g/mol. The molecule has 7 heteroatoms. The quantitative estimate of drug-likeness (QED) is 0.860. The fraction of sp³-hybridized carbons (Fsp3) is 0.500. The maximum absolute atomic E-state index is 12.9. The molecule has 0 bridgehead atoms. The molecule has 3 heterocycles. The van der Waals surface area contributed by atoms with Gasteiger partial charge in [-0.2, -0.15) is 4.98 Å². The van der Waals surface area contributed by atoms with Crippen molar-refractivity contribution in [2.45, 2.75) is 32.2 Å². The van der Waals surface area contributed by atoms with Crippen LogP contribution in [-0.4, -0.2) is 46.6 Å². The maximum atomic E-state index is 12.9. The van der Waals surface area contributed by atoms with E-state index in [1.54, 1.807) is 12.3 Å². The number of anilines is 1.